The van der Waals surface area contributed by atoms with Crippen molar-refractivity contribution >= 4 is 27.3 Å². The van der Waals surface area contributed by atoms with Gasteiger partial charge in [-0.2, -0.15) is 0 Å². The highest BCUT2D eigenvalue weighted by atomic mass is 32.2. The summed E-state index contributed by atoms with van der Waals surface area (Å²) in [5, 5.41) is 2.82. The molecule has 0 saturated heterocycles. The van der Waals surface area contributed by atoms with Gasteiger partial charge < -0.3 is 10.1 Å². The second kappa shape index (κ2) is 9.04. The molecule has 136 valence electrons. The second-order valence-electron chi connectivity index (χ2n) is 5.13. The molecule has 0 unspecified atom stereocenters. The van der Waals surface area contributed by atoms with Gasteiger partial charge in [0.15, 0.2) is 0 Å². The summed E-state index contributed by atoms with van der Waals surface area (Å²) >= 11 is 1.14. The van der Waals surface area contributed by atoms with Gasteiger partial charge in [-0.25, -0.2) is 18.1 Å². The van der Waals surface area contributed by atoms with Crippen LogP contribution in [0.25, 0.3) is 11.3 Å². The zero-order valence-corrected chi connectivity index (χ0v) is 15.7. The van der Waals surface area contributed by atoms with Crippen molar-refractivity contribution in [2.75, 3.05) is 26.2 Å². The van der Waals surface area contributed by atoms with Crippen LogP contribution in [0.5, 0.6) is 0 Å². The minimum atomic E-state index is -3.68. The number of ether oxygens (including phenoxy) is 1. The van der Waals surface area contributed by atoms with E-state index in [-0.39, 0.29) is 23.4 Å². The molecule has 7 nitrogen and oxygen atoms in total. The van der Waals surface area contributed by atoms with Gasteiger partial charge in [0.05, 0.1) is 18.8 Å². The molecule has 0 aliphatic carbocycles. The molecule has 25 heavy (non-hydrogen) atoms. The minimum Gasteiger partial charge on any atom is -0.465 e. The monoisotopic (exact) mass is 383 g/mol. The molecule has 0 bridgehead atoms. The molecule has 2 aromatic rings. The molecule has 0 fully saturated rings. The summed E-state index contributed by atoms with van der Waals surface area (Å²) in [7, 11) is -3.68. The molecule has 0 saturated carbocycles. The van der Waals surface area contributed by atoms with Crippen LogP contribution in [0.4, 0.5) is 0 Å². The molecule has 0 aliphatic heterocycles. The van der Waals surface area contributed by atoms with Crippen LogP contribution in [0.15, 0.2) is 34.7 Å². The zero-order chi connectivity index (χ0) is 18.3. The van der Waals surface area contributed by atoms with Gasteiger partial charge >= 0.3 is 5.97 Å². The van der Waals surface area contributed by atoms with Gasteiger partial charge in [-0.15, -0.1) is 11.3 Å². The molecule has 0 amide bonds. The molecule has 2 rings (SSSR count). The quantitative estimate of drug-likeness (QED) is 0.504. The Kier molecular flexibility index (Phi) is 7.06. The van der Waals surface area contributed by atoms with E-state index in [2.05, 4.69) is 15.0 Å². The average molecular weight is 383 g/mol. The summed E-state index contributed by atoms with van der Waals surface area (Å²) in [5.41, 5.74) is 1.56. The molecule has 0 aliphatic rings. The van der Waals surface area contributed by atoms with Crippen molar-refractivity contribution in [2.45, 2.75) is 18.2 Å². The summed E-state index contributed by atoms with van der Waals surface area (Å²) in [6.45, 7) is 4.41. The molecule has 0 atom stereocenters. The largest absolute Gasteiger partial charge is 0.465 e. The normalized spacial score (nSPS) is 11.4. The smallest absolute Gasteiger partial charge is 0.319 e. The third-order valence-electron chi connectivity index (χ3n) is 3.22. The highest BCUT2D eigenvalue weighted by Gasteiger charge is 2.21. The van der Waals surface area contributed by atoms with Crippen molar-refractivity contribution in [1.29, 1.82) is 0 Å². The Bertz CT molecular complexity index is 804. The second-order valence-corrected chi connectivity index (χ2v) is 8.27. The lowest BCUT2D eigenvalue weighted by molar-refractivity contribution is -0.141. The number of aromatic nitrogens is 1. The standard InChI is InChI=1S/C16H21N3O4S2/c1-3-23-14(20)11-17-9-10-18-25(21,22)16-19-15(12(2)24-16)13-7-5-4-6-8-13/h4-8,17-18H,3,9-11H2,1-2H3. The lowest BCUT2D eigenvalue weighted by Gasteiger charge is -2.06. The van der Waals surface area contributed by atoms with Crippen LogP contribution >= 0.6 is 11.3 Å². The number of sulfonamides is 1. The fraction of sp³-hybridized carbons (Fsp3) is 0.375. The van der Waals surface area contributed by atoms with Crippen LogP contribution in [-0.2, 0) is 19.6 Å². The summed E-state index contributed by atoms with van der Waals surface area (Å²) in [6.07, 6.45) is 0. The van der Waals surface area contributed by atoms with E-state index in [1.165, 1.54) is 0 Å². The van der Waals surface area contributed by atoms with Gasteiger partial charge in [0.25, 0.3) is 10.0 Å². The Morgan fingerprint density at radius 3 is 2.64 bits per heavy atom. The maximum absolute atomic E-state index is 12.3. The fourth-order valence-electron chi connectivity index (χ4n) is 2.09. The Labute approximate surface area is 151 Å². The first kappa shape index (κ1) is 19.5. The maximum Gasteiger partial charge on any atom is 0.319 e. The third-order valence-corrected chi connectivity index (χ3v) is 6.03. The highest BCUT2D eigenvalue weighted by Crippen LogP contribution is 2.29. The number of hydrogen-bond donors (Lipinski definition) is 2. The fourth-order valence-corrected chi connectivity index (χ4v) is 4.44. The van der Waals surface area contributed by atoms with E-state index < -0.39 is 10.0 Å². The summed E-state index contributed by atoms with van der Waals surface area (Å²) < 4.78 is 32.0. The van der Waals surface area contributed by atoms with Crippen LogP contribution in [0.1, 0.15) is 11.8 Å². The van der Waals surface area contributed by atoms with E-state index in [1.54, 1.807) is 6.92 Å². The summed E-state index contributed by atoms with van der Waals surface area (Å²) in [5.74, 6) is -0.367. The molecule has 1 aromatic carbocycles. The van der Waals surface area contributed by atoms with Crippen LogP contribution in [0.2, 0.25) is 0 Å². The molecular formula is C16H21N3O4S2. The number of carbonyl (C=O) groups is 1. The van der Waals surface area contributed by atoms with Crippen LogP contribution < -0.4 is 10.0 Å². The van der Waals surface area contributed by atoms with E-state index in [9.17, 15) is 13.2 Å². The highest BCUT2D eigenvalue weighted by molar-refractivity contribution is 7.91. The molecule has 9 heteroatoms. The number of nitrogens with one attached hydrogen (secondary N) is 2. The van der Waals surface area contributed by atoms with E-state index in [0.29, 0.717) is 18.8 Å². The third kappa shape index (κ3) is 5.60. The first-order valence-corrected chi connectivity index (χ1v) is 10.1. The van der Waals surface area contributed by atoms with Gasteiger partial charge in [-0.1, -0.05) is 30.3 Å². The molecule has 0 spiro atoms. The summed E-state index contributed by atoms with van der Waals surface area (Å²) in [6, 6.07) is 9.45. The predicted octanol–water partition coefficient (Wildman–Crippen LogP) is 1.55. The Morgan fingerprint density at radius 2 is 1.96 bits per heavy atom. The van der Waals surface area contributed by atoms with Crippen LogP contribution in [0, 0.1) is 6.92 Å². The Morgan fingerprint density at radius 1 is 1.24 bits per heavy atom. The van der Waals surface area contributed by atoms with E-state index in [0.717, 1.165) is 21.8 Å². The number of thiazole rings is 1. The van der Waals surface area contributed by atoms with Crippen molar-refractivity contribution in [1.82, 2.24) is 15.0 Å². The van der Waals surface area contributed by atoms with E-state index in [1.807, 2.05) is 37.3 Å². The van der Waals surface area contributed by atoms with Gasteiger partial charge in [-0.05, 0) is 13.8 Å². The van der Waals surface area contributed by atoms with Crippen molar-refractivity contribution in [2.24, 2.45) is 0 Å². The number of esters is 1. The van der Waals surface area contributed by atoms with Crippen molar-refractivity contribution < 1.29 is 17.9 Å². The zero-order valence-electron chi connectivity index (χ0n) is 14.1. The van der Waals surface area contributed by atoms with Crippen molar-refractivity contribution in [3.8, 4) is 11.3 Å². The lowest BCUT2D eigenvalue weighted by Crippen LogP contribution is -2.34. The van der Waals surface area contributed by atoms with Crippen LogP contribution in [-0.4, -0.2) is 45.6 Å². The summed E-state index contributed by atoms with van der Waals surface area (Å²) in [4.78, 5) is 16.3. The van der Waals surface area contributed by atoms with E-state index in [4.69, 9.17) is 4.74 Å². The molecule has 0 radical (unpaired) electrons. The first-order chi connectivity index (χ1) is 11.9. The van der Waals surface area contributed by atoms with Crippen LogP contribution in [0.3, 0.4) is 0 Å². The van der Waals surface area contributed by atoms with Gasteiger partial charge in [0.1, 0.15) is 0 Å². The van der Waals surface area contributed by atoms with E-state index >= 15 is 0 Å². The number of benzene rings is 1. The Hall–Kier alpha value is -1.81. The number of carbonyl (C=O) groups excluding carboxylic acids is 1. The average Bonchev–Trinajstić information content (AvgIpc) is 2.98. The lowest BCUT2D eigenvalue weighted by atomic mass is 10.1. The molecular weight excluding hydrogens is 362 g/mol. The number of rotatable bonds is 9. The number of hydrogen-bond acceptors (Lipinski definition) is 7. The van der Waals surface area contributed by atoms with Gasteiger partial charge in [0.2, 0.25) is 4.34 Å². The SMILES string of the molecule is CCOC(=O)CNCCNS(=O)(=O)c1nc(-c2ccccc2)c(C)s1. The molecule has 1 heterocycles. The van der Waals surface area contributed by atoms with Gasteiger partial charge in [0, 0.05) is 23.5 Å². The maximum atomic E-state index is 12.3. The number of aryl methyl sites for hydroxylation is 1. The van der Waals surface area contributed by atoms with Crippen molar-refractivity contribution in [3.63, 3.8) is 0 Å². The molecule has 2 N–H and O–H groups in total. The Balaban J connectivity index is 1.93. The topological polar surface area (TPSA) is 97.4 Å². The molecule has 1 aromatic heterocycles. The number of nitrogens with zero attached hydrogens (tertiary/aromatic N) is 1. The predicted molar refractivity (Wildman–Crippen MR) is 97.0 cm³/mol. The van der Waals surface area contributed by atoms with Gasteiger partial charge in [-0.3, -0.25) is 4.79 Å². The van der Waals surface area contributed by atoms with Crippen molar-refractivity contribution in [3.05, 3.63) is 35.2 Å². The minimum absolute atomic E-state index is 0.0363. The first-order valence-electron chi connectivity index (χ1n) is 7.83.